The highest BCUT2D eigenvalue weighted by Gasteiger charge is 2.45. The lowest BCUT2D eigenvalue weighted by Gasteiger charge is -2.40. The number of amides is 2. The topological polar surface area (TPSA) is 118 Å². The molecule has 0 spiro atoms. The first kappa shape index (κ1) is 25.1. The second kappa shape index (κ2) is 8.90. The Balaban J connectivity index is 1.59. The van der Waals surface area contributed by atoms with E-state index in [1.165, 1.54) is 31.7 Å². The molecule has 3 aromatic rings. The van der Waals surface area contributed by atoms with Gasteiger partial charge in [0, 0.05) is 30.8 Å². The minimum atomic E-state index is -4.95. The number of Topliss-reactive ketones (excluding diaryl/α,β-unsaturated/α-hetero) is 1. The van der Waals surface area contributed by atoms with Crippen molar-refractivity contribution in [3.05, 3.63) is 70.3 Å². The average Bonchev–Trinajstić information content (AvgIpc) is 3.38. The molecule has 1 fully saturated rings. The molecule has 13 heteroatoms. The molecule has 2 amide bonds. The largest absolute Gasteiger partial charge is 0.419 e. The summed E-state index contributed by atoms with van der Waals surface area (Å²) in [7, 11) is 1.47. The van der Waals surface area contributed by atoms with Crippen molar-refractivity contribution in [2.75, 3.05) is 18.5 Å². The number of nitrogens with zero attached hydrogens (tertiary/aromatic N) is 2. The molecule has 1 aliphatic heterocycles. The fraction of sp³-hybridized carbons (Fsp3) is 0.304. The van der Waals surface area contributed by atoms with Gasteiger partial charge < -0.3 is 24.9 Å². The minimum absolute atomic E-state index is 0.0231. The number of hydrogen-bond donors (Lipinski definition) is 3. The van der Waals surface area contributed by atoms with Crippen LogP contribution in [-0.4, -0.2) is 45.3 Å². The predicted octanol–water partition coefficient (Wildman–Crippen LogP) is 3.00. The Labute approximate surface area is 201 Å². The number of ether oxygens (including phenoxy) is 1. The summed E-state index contributed by atoms with van der Waals surface area (Å²) in [6, 6.07) is 2.06. The number of aromatic amines is 1. The predicted molar refractivity (Wildman–Crippen MR) is 118 cm³/mol. The number of aromatic nitrogens is 3. The van der Waals surface area contributed by atoms with Gasteiger partial charge in [-0.2, -0.15) is 13.2 Å². The van der Waals surface area contributed by atoms with Gasteiger partial charge in [0.2, 0.25) is 0 Å². The van der Waals surface area contributed by atoms with Gasteiger partial charge in [0.15, 0.2) is 0 Å². The smallest absolute Gasteiger partial charge is 0.375 e. The highest BCUT2D eigenvalue weighted by Crippen LogP contribution is 2.33. The number of hydrogen-bond acceptors (Lipinski definition) is 5. The number of carbonyl (C=O) groups is 3. The van der Waals surface area contributed by atoms with Gasteiger partial charge >= 0.3 is 6.18 Å². The lowest BCUT2D eigenvalue weighted by molar-refractivity contribution is -0.140. The zero-order valence-electron chi connectivity index (χ0n) is 19.3. The van der Waals surface area contributed by atoms with E-state index in [2.05, 4.69) is 20.6 Å². The fourth-order valence-corrected chi connectivity index (χ4v) is 4.13. The summed E-state index contributed by atoms with van der Waals surface area (Å²) in [4.78, 5) is 46.0. The molecule has 0 unspecified atom stereocenters. The van der Waals surface area contributed by atoms with Crippen LogP contribution in [0.4, 0.5) is 23.2 Å². The zero-order chi connectivity index (χ0) is 26.4. The number of benzene rings is 1. The molecule has 0 saturated carbocycles. The molecular weight excluding hydrogens is 486 g/mol. The molecule has 3 heterocycles. The number of anilines is 1. The van der Waals surface area contributed by atoms with Crippen molar-refractivity contribution in [3.63, 3.8) is 0 Å². The van der Waals surface area contributed by atoms with Crippen LogP contribution < -0.4 is 10.6 Å². The van der Waals surface area contributed by atoms with Gasteiger partial charge in [-0.05, 0) is 37.6 Å². The maximum atomic E-state index is 13.6. The number of nitrogens with one attached hydrogen (secondary N) is 3. The van der Waals surface area contributed by atoms with Crippen LogP contribution in [0.5, 0.6) is 0 Å². The highest BCUT2D eigenvalue weighted by molar-refractivity contribution is 6.43. The van der Waals surface area contributed by atoms with Gasteiger partial charge in [0.25, 0.3) is 17.6 Å². The molecule has 0 radical (unpaired) electrons. The van der Waals surface area contributed by atoms with Crippen LogP contribution >= 0.6 is 0 Å². The Morgan fingerprint density at radius 3 is 2.44 bits per heavy atom. The van der Waals surface area contributed by atoms with Crippen molar-refractivity contribution in [1.29, 1.82) is 0 Å². The van der Waals surface area contributed by atoms with Crippen molar-refractivity contribution in [2.24, 2.45) is 7.05 Å². The number of alkyl halides is 3. The molecule has 1 saturated heterocycles. The van der Waals surface area contributed by atoms with E-state index in [-0.39, 0.29) is 35.7 Å². The van der Waals surface area contributed by atoms with Gasteiger partial charge in [0.05, 0.1) is 24.3 Å². The summed E-state index contributed by atoms with van der Waals surface area (Å²) in [6.07, 6.45) is -1.88. The molecule has 9 nitrogen and oxygen atoms in total. The Hall–Kier alpha value is -4.00. The third kappa shape index (κ3) is 4.26. The van der Waals surface area contributed by atoms with Crippen LogP contribution in [-0.2, 0) is 28.3 Å². The zero-order valence-corrected chi connectivity index (χ0v) is 19.3. The quantitative estimate of drug-likeness (QED) is 0.269. The number of ketones is 1. The van der Waals surface area contributed by atoms with Crippen LogP contribution in [0.2, 0.25) is 0 Å². The Morgan fingerprint density at radius 2 is 1.89 bits per heavy atom. The van der Waals surface area contributed by atoms with E-state index >= 15 is 0 Å². The maximum Gasteiger partial charge on any atom is 0.419 e. The van der Waals surface area contributed by atoms with Crippen molar-refractivity contribution < 1.29 is 36.7 Å². The first-order valence-corrected chi connectivity index (χ1v) is 10.6. The molecule has 0 atom stereocenters. The Morgan fingerprint density at radius 1 is 1.19 bits per heavy atom. The molecule has 0 aliphatic carbocycles. The lowest BCUT2D eigenvalue weighted by Crippen LogP contribution is -2.61. The number of imidazole rings is 1. The van der Waals surface area contributed by atoms with Crippen molar-refractivity contribution in [1.82, 2.24) is 19.9 Å². The fourth-order valence-electron chi connectivity index (χ4n) is 4.13. The van der Waals surface area contributed by atoms with E-state index in [0.717, 1.165) is 6.07 Å². The van der Waals surface area contributed by atoms with E-state index in [9.17, 15) is 31.9 Å². The van der Waals surface area contributed by atoms with E-state index < -0.39 is 40.7 Å². The van der Waals surface area contributed by atoms with Gasteiger partial charge in [-0.25, -0.2) is 9.37 Å². The second-order valence-corrected chi connectivity index (χ2v) is 8.44. The van der Waals surface area contributed by atoms with Gasteiger partial charge in [-0.15, -0.1) is 0 Å². The van der Waals surface area contributed by atoms with Crippen LogP contribution in [0.15, 0.2) is 30.6 Å². The molecule has 0 bridgehead atoms. The summed E-state index contributed by atoms with van der Waals surface area (Å²) < 4.78 is 59.2. The molecule has 1 aromatic carbocycles. The van der Waals surface area contributed by atoms with Crippen molar-refractivity contribution >= 4 is 23.3 Å². The van der Waals surface area contributed by atoms with Crippen LogP contribution in [0.1, 0.15) is 43.5 Å². The second-order valence-electron chi connectivity index (χ2n) is 8.44. The molecule has 1 aliphatic rings. The molecule has 190 valence electrons. The van der Waals surface area contributed by atoms with Crippen molar-refractivity contribution in [2.45, 2.75) is 25.6 Å². The van der Waals surface area contributed by atoms with Crippen LogP contribution in [0.3, 0.4) is 0 Å². The van der Waals surface area contributed by atoms with Gasteiger partial charge in [0.1, 0.15) is 22.9 Å². The normalized spacial score (nSPS) is 14.8. The number of rotatable bonds is 6. The minimum Gasteiger partial charge on any atom is -0.375 e. The number of halogens is 4. The van der Waals surface area contributed by atoms with Crippen LogP contribution in [0.25, 0.3) is 0 Å². The SMILES string of the molecule is Cc1c(C(=O)C(=O)NC2(c3ncc[nH]3)COC2)c(C)n(C)c1C(=O)Nc1ccc(F)c(C(F)(F)F)c1. The summed E-state index contributed by atoms with van der Waals surface area (Å²) >= 11 is 0. The summed E-state index contributed by atoms with van der Waals surface area (Å²) in [5, 5.41) is 4.95. The number of H-pyrrole nitrogens is 1. The van der Waals surface area contributed by atoms with Crippen molar-refractivity contribution in [3.8, 4) is 0 Å². The maximum absolute atomic E-state index is 13.6. The molecule has 3 N–H and O–H groups in total. The van der Waals surface area contributed by atoms with E-state index in [0.29, 0.717) is 23.7 Å². The third-order valence-corrected chi connectivity index (χ3v) is 6.11. The average molecular weight is 507 g/mol. The monoisotopic (exact) mass is 507 g/mol. The van der Waals surface area contributed by atoms with Crippen LogP contribution in [0, 0.1) is 19.7 Å². The summed E-state index contributed by atoms with van der Waals surface area (Å²) in [5.41, 5.74) is -2.43. The molecule has 36 heavy (non-hydrogen) atoms. The molecular formula is C23H21F4N5O4. The molecule has 2 aromatic heterocycles. The molecule has 4 rings (SSSR count). The summed E-state index contributed by atoms with van der Waals surface area (Å²) in [5.74, 6) is -3.73. The highest BCUT2D eigenvalue weighted by atomic mass is 19.4. The first-order chi connectivity index (χ1) is 16.9. The standard InChI is InChI=1S/C23H21F4N5O4/c1-11-16(18(33)20(35)31-22(9-36-10-22)21-28-6-7-29-21)12(2)32(3)17(11)19(34)30-13-4-5-15(24)14(8-13)23(25,26)27/h4-8H,9-10H2,1-3H3,(H,28,29)(H,30,34)(H,31,35). The van der Waals surface area contributed by atoms with E-state index in [4.69, 9.17) is 4.74 Å². The Bertz CT molecular complexity index is 1360. The van der Waals surface area contributed by atoms with E-state index in [1.807, 2.05) is 0 Å². The Kier molecular flexibility index (Phi) is 6.20. The third-order valence-electron chi connectivity index (χ3n) is 6.11. The lowest BCUT2D eigenvalue weighted by atomic mass is 9.95. The summed E-state index contributed by atoms with van der Waals surface area (Å²) in [6.45, 7) is 3.19. The first-order valence-electron chi connectivity index (χ1n) is 10.6. The van der Waals surface area contributed by atoms with E-state index in [1.54, 1.807) is 6.20 Å². The number of carbonyl (C=O) groups excluding carboxylic acids is 3. The van der Waals surface area contributed by atoms with Gasteiger partial charge in [-0.3, -0.25) is 14.4 Å². The van der Waals surface area contributed by atoms with Gasteiger partial charge in [-0.1, -0.05) is 0 Å².